The zero-order valence-corrected chi connectivity index (χ0v) is 8.05. The summed E-state index contributed by atoms with van der Waals surface area (Å²) in [7, 11) is 0. The number of carbonyl (C=O) groups excluding carboxylic acids is 1. The second-order valence-electron chi connectivity index (χ2n) is 4.92. The minimum absolute atomic E-state index is 0.258. The van der Waals surface area contributed by atoms with Gasteiger partial charge in [-0.3, -0.25) is 4.79 Å². The van der Waals surface area contributed by atoms with Crippen LogP contribution < -0.4 is 5.32 Å². The SMILES string of the molecule is C[C@H]1[C@@H]2C[C@H](CC(=O)N2)C1(C)C. The van der Waals surface area contributed by atoms with Crippen LogP contribution in [0, 0.1) is 17.3 Å². The van der Waals surface area contributed by atoms with Crippen LogP contribution in [0.2, 0.25) is 0 Å². The number of nitrogens with one attached hydrogen (secondary N) is 1. The van der Waals surface area contributed by atoms with Gasteiger partial charge in [0.25, 0.3) is 0 Å². The Bertz CT molecular complexity index is 222. The van der Waals surface area contributed by atoms with Crippen LogP contribution in [0.25, 0.3) is 0 Å². The molecule has 0 aromatic heterocycles. The Labute approximate surface area is 73.7 Å². The Morgan fingerprint density at radius 1 is 1.50 bits per heavy atom. The van der Waals surface area contributed by atoms with Gasteiger partial charge in [0, 0.05) is 12.5 Å². The van der Waals surface area contributed by atoms with Crippen LogP contribution >= 0.6 is 0 Å². The molecule has 1 heterocycles. The zero-order valence-electron chi connectivity index (χ0n) is 8.05. The Kier molecular flexibility index (Phi) is 1.51. The second kappa shape index (κ2) is 2.24. The summed E-state index contributed by atoms with van der Waals surface area (Å²) < 4.78 is 0. The van der Waals surface area contributed by atoms with E-state index in [1.807, 2.05) is 0 Å². The molecule has 2 fully saturated rings. The van der Waals surface area contributed by atoms with Crippen molar-refractivity contribution in [3.05, 3.63) is 0 Å². The van der Waals surface area contributed by atoms with Gasteiger partial charge in [-0.25, -0.2) is 0 Å². The van der Waals surface area contributed by atoms with Crippen LogP contribution in [0.3, 0.4) is 0 Å². The van der Waals surface area contributed by atoms with Crippen LogP contribution in [0.5, 0.6) is 0 Å². The molecule has 0 spiro atoms. The van der Waals surface area contributed by atoms with Crippen molar-refractivity contribution in [2.24, 2.45) is 17.3 Å². The lowest BCUT2D eigenvalue weighted by Crippen LogP contribution is -2.39. The van der Waals surface area contributed by atoms with Gasteiger partial charge in [0.05, 0.1) is 0 Å². The molecule has 2 nitrogen and oxygen atoms in total. The first-order chi connectivity index (χ1) is 5.51. The van der Waals surface area contributed by atoms with Crippen molar-refractivity contribution < 1.29 is 4.79 Å². The number of hydrogen-bond donors (Lipinski definition) is 1. The fourth-order valence-electron chi connectivity index (χ4n) is 2.72. The highest BCUT2D eigenvalue weighted by Gasteiger charge is 2.50. The maximum absolute atomic E-state index is 11.2. The molecule has 0 aromatic carbocycles. The van der Waals surface area contributed by atoms with Crippen molar-refractivity contribution in [2.45, 2.75) is 39.7 Å². The van der Waals surface area contributed by atoms with Gasteiger partial charge in [0.2, 0.25) is 5.91 Å². The molecule has 2 aliphatic rings. The average Bonchev–Trinajstić information content (AvgIpc) is 2.14. The molecule has 2 rings (SSSR count). The molecule has 68 valence electrons. The highest BCUT2D eigenvalue weighted by Crippen LogP contribution is 2.50. The topological polar surface area (TPSA) is 29.1 Å². The second-order valence-corrected chi connectivity index (χ2v) is 4.92. The van der Waals surface area contributed by atoms with E-state index in [0.717, 1.165) is 6.42 Å². The highest BCUT2D eigenvalue weighted by atomic mass is 16.1. The molecule has 2 heteroatoms. The van der Waals surface area contributed by atoms with Crippen molar-refractivity contribution in [2.75, 3.05) is 0 Å². The van der Waals surface area contributed by atoms with Gasteiger partial charge in [-0.15, -0.1) is 0 Å². The van der Waals surface area contributed by atoms with Gasteiger partial charge >= 0.3 is 0 Å². The molecule has 2 bridgehead atoms. The first-order valence-corrected chi connectivity index (χ1v) is 4.81. The average molecular weight is 167 g/mol. The van der Waals surface area contributed by atoms with E-state index < -0.39 is 0 Å². The molecule has 1 N–H and O–H groups in total. The summed E-state index contributed by atoms with van der Waals surface area (Å²) in [6.07, 6.45) is 1.94. The molecule has 1 aliphatic carbocycles. The third-order valence-electron chi connectivity index (χ3n) is 4.15. The Morgan fingerprint density at radius 2 is 2.17 bits per heavy atom. The van der Waals surface area contributed by atoms with Crippen molar-refractivity contribution in [3.63, 3.8) is 0 Å². The van der Waals surface area contributed by atoms with Crippen LogP contribution in [-0.2, 0) is 4.79 Å². The molecule has 3 atom stereocenters. The van der Waals surface area contributed by atoms with Crippen LogP contribution in [-0.4, -0.2) is 11.9 Å². The largest absolute Gasteiger partial charge is 0.353 e. The number of hydrogen-bond acceptors (Lipinski definition) is 1. The van der Waals surface area contributed by atoms with E-state index in [2.05, 4.69) is 26.1 Å². The number of rotatable bonds is 0. The Balaban J connectivity index is 2.28. The van der Waals surface area contributed by atoms with Gasteiger partial charge in [0.1, 0.15) is 0 Å². The summed E-state index contributed by atoms with van der Waals surface area (Å²) >= 11 is 0. The molecule has 0 unspecified atom stereocenters. The molecule has 0 radical (unpaired) electrons. The minimum Gasteiger partial charge on any atom is -0.353 e. The monoisotopic (exact) mass is 167 g/mol. The quantitative estimate of drug-likeness (QED) is 0.583. The van der Waals surface area contributed by atoms with E-state index in [4.69, 9.17) is 0 Å². The molecule has 1 saturated carbocycles. The summed E-state index contributed by atoms with van der Waals surface area (Å²) in [6, 6.07) is 0.450. The smallest absolute Gasteiger partial charge is 0.220 e. The lowest BCUT2D eigenvalue weighted by Gasteiger charge is -2.29. The van der Waals surface area contributed by atoms with Gasteiger partial charge < -0.3 is 5.32 Å². The highest BCUT2D eigenvalue weighted by molar-refractivity contribution is 5.78. The summed E-state index contributed by atoms with van der Waals surface area (Å²) in [4.78, 5) is 11.2. The van der Waals surface area contributed by atoms with E-state index in [-0.39, 0.29) is 5.91 Å². The van der Waals surface area contributed by atoms with Crippen molar-refractivity contribution >= 4 is 5.91 Å². The van der Waals surface area contributed by atoms with Gasteiger partial charge in [-0.1, -0.05) is 20.8 Å². The predicted molar refractivity (Wildman–Crippen MR) is 47.6 cm³/mol. The molecular weight excluding hydrogens is 150 g/mol. The number of carbonyl (C=O) groups is 1. The molecule has 1 saturated heterocycles. The van der Waals surface area contributed by atoms with Crippen molar-refractivity contribution in [3.8, 4) is 0 Å². The first-order valence-electron chi connectivity index (χ1n) is 4.81. The van der Waals surface area contributed by atoms with E-state index in [1.54, 1.807) is 0 Å². The van der Waals surface area contributed by atoms with Crippen LogP contribution in [0.15, 0.2) is 0 Å². The third kappa shape index (κ3) is 0.900. The fourth-order valence-corrected chi connectivity index (χ4v) is 2.72. The summed E-state index contributed by atoms with van der Waals surface area (Å²) in [5.41, 5.74) is 0.351. The maximum Gasteiger partial charge on any atom is 0.220 e. The summed E-state index contributed by atoms with van der Waals surface area (Å²) in [5, 5.41) is 3.07. The maximum atomic E-state index is 11.2. The van der Waals surface area contributed by atoms with Crippen molar-refractivity contribution in [1.82, 2.24) is 5.32 Å². The van der Waals surface area contributed by atoms with E-state index in [1.165, 1.54) is 6.42 Å². The first kappa shape index (κ1) is 8.09. The predicted octanol–water partition coefficient (Wildman–Crippen LogP) is 1.56. The number of amides is 1. The van der Waals surface area contributed by atoms with E-state index in [0.29, 0.717) is 23.3 Å². The van der Waals surface area contributed by atoms with Crippen molar-refractivity contribution in [1.29, 1.82) is 0 Å². The minimum atomic E-state index is 0.258. The standard InChI is InChI=1S/C10H17NO/c1-6-8-4-7(10(6,2)3)5-9(12)11-8/h6-8H,4-5H2,1-3H3,(H,11,12)/t6-,7+,8-/m0/s1. The molecule has 1 amide bonds. The number of piperidine rings is 1. The lowest BCUT2D eigenvalue weighted by molar-refractivity contribution is -0.124. The van der Waals surface area contributed by atoms with Gasteiger partial charge in [-0.05, 0) is 23.7 Å². The molecule has 12 heavy (non-hydrogen) atoms. The fraction of sp³-hybridized carbons (Fsp3) is 0.900. The summed E-state index contributed by atoms with van der Waals surface area (Å²) in [6.45, 7) is 6.85. The van der Waals surface area contributed by atoms with Crippen LogP contribution in [0.4, 0.5) is 0 Å². The van der Waals surface area contributed by atoms with E-state index >= 15 is 0 Å². The van der Waals surface area contributed by atoms with Gasteiger partial charge in [0.15, 0.2) is 0 Å². The third-order valence-corrected chi connectivity index (χ3v) is 4.15. The Morgan fingerprint density at radius 3 is 2.75 bits per heavy atom. The van der Waals surface area contributed by atoms with E-state index in [9.17, 15) is 4.79 Å². The molecule has 1 aliphatic heterocycles. The van der Waals surface area contributed by atoms with Crippen LogP contribution in [0.1, 0.15) is 33.6 Å². The normalized spacial score (nSPS) is 44.2. The number of fused-ring (bicyclic) bond motifs is 2. The Hall–Kier alpha value is -0.530. The zero-order chi connectivity index (χ0) is 8.93. The van der Waals surface area contributed by atoms with Gasteiger partial charge in [-0.2, -0.15) is 0 Å². The lowest BCUT2D eigenvalue weighted by atomic mass is 9.75. The summed E-state index contributed by atoms with van der Waals surface area (Å²) in [5.74, 6) is 1.51. The molecular formula is C10H17NO. The molecule has 0 aromatic rings.